The molecule has 4 rings (SSSR count). The van der Waals surface area contributed by atoms with Gasteiger partial charge in [0.25, 0.3) is 0 Å². The largest absolute Gasteiger partial charge is 0.329 e. The molecule has 0 radical (unpaired) electrons. The fourth-order valence-corrected chi connectivity index (χ4v) is 2.77. The Morgan fingerprint density at radius 1 is 0.958 bits per heavy atom. The Balaban J connectivity index is 1.94. The fourth-order valence-electron chi connectivity index (χ4n) is 2.77. The van der Waals surface area contributed by atoms with Crippen LogP contribution in [0.5, 0.6) is 0 Å². The van der Waals surface area contributed by atoms with Crippen LogP contribution in [-0.4, -0.2) is 21.4 Å². The van der Waals surface area contributed by atoms with Crippen LogP contribution in [0.2, 0.25) is 0 Å². The van der Waals surface area contributed by atoms with Gasteiger partial charge in [-0.3, -0.25) is 9.38 Å². The summed E-state index contributed by atoms with van der Waals surface area (Å²) in [4.78, 5) is 11.2. The predicted octanol–water partition coefficient (Wildman–Crippen LogP) is 4.30. The molecule has 5 heteroatoms. The summed E-state index contributed by atoms with van der Waals surface area (Å²) in [5.41, 5.74) is 3.29. The molecule has 118 valence electrons. The first-order valence-electron chi connectivity index (χ1n) is 7.62. The summed E-state index contributed by atoms with van der Waals surface area (Å²) in [7, 11) is 1.94. The van der Waals surface area contributed by atoms with E-state index < -0.39 is 0 Å². The van der Waals surface area contributed by atoms with E-state index in [4.69, 9.17) is 4.98 Å². The average Bonchev–Trinajstić information content (AvgIpc) is 3.02. The second-order valence-electron chi connectivity index (χ2n) is 5.46. The number of pyridine rings is 2. The molecule has 24 heavy (non-hydrogen) atoms. The monoisotopic (exact) mass is 318 g/mol. The lowest BCUT2D eigenvalue weighted by Crippen LogP contribution is -2.13. The maximum atomic E-state index is 13.2. The highest BCUT2D eigenvalue weighted by Gasteiger charge is 2.19. The Kier molecular flexibility index (Phi) is 3.46. The van der Waals surface area contributed by atoms with Gasteiger partial charge in [0.1, 0.15) is 23.0 Å². The SMILES string of the molecule is CN(c1ccc(F)cc1)c1c(-c2ccccn2)nc2ccccn12. The molecule has 0 aliphatic rings. The zero-order valence-corrected chi connectivity index (χ0v) is 13.1. The molecule has 1 aromatic carbocycles. The Labute approximate surface area is 138 Å². The first-order valence-corrected chi connectivity index (χ1v) is 7.62. The molecular weight excluding hydrogens is 303 g/mol. The zero-order chi connectivity index (χ0) is 16.5. The Morgan fingerprint density at radius 2 is 1.75 bits per heavy atom. The second-order valence-corrected chi connectivity index (χ2v) is 5.46. The predicted molar refractivity (Wildman–Crippen MR) is 92.9 cm³/mol. The number of hydrogen-bond acceptors (Lipinski definition) is 3. The maximum absolute atomic E-state index is 13.2. The molecule has 0 N–H and O–H groups in total. The first kappa shape index (κ1) is 14.4. The van der Waals surface area contributed by atoms with Crippen molar-refractivity contribution in [1.82, 2.24) is 14.4 Å². The van der Waals surface area contributed by atoms with Crippen molar-refractivity contribution in [3.05, 3.63) is 78.9 Å². The molecule has 0 unspecified atom stereocenters. The minimum Gasteiger partial charge on any atom is -0.329 e. The standard InChI is InChI=1S/C19H15FN4/c1-23(15-10-8-14(20)9-11-15)19-18(16-6-2-4-12-21-16)22-17-7-3-5-13-24(17)19/h2-13H,1H3. The van der Waals surface area contributed by atoms with Gasteiger partial charge in [-0.15, -0.1) is 0 Å². The summed E-state index contributed by atoms with van der Waals surface area (Å²) in [6.07, 6.45) is 3.71. The van der Waals surface area contributed by atoms with E-state index >= 15 is 0 Å². The molecular formula is C19H15FN4. The molecule has 0 aliphatic carbocycles. The molecule has 0 bridgehead atoms. The van der Waals surface area contributed by atoms with Crippen LogP contribution in [0.1, 0.15) is 0 Å². The van der Waals surface area contributed by atoms with E-state index in [-0.39, 0.29) is 5.82 Å². The smallest absolute Gasteiger partial charge is 0.147 e. The third kappa shape index (κ3) is 2.40. The van der Waals surface area contributed by atoms with E-state index in [1.165, 1.54) is 12.1 Å². The Morgan fingerprint density at radius 3 is 2.50 bits per heavy atom. The van der Waals surface area contributed by atoms with Crippen molar-refractivity contribution in [2.24, 2.45) is 0 Å². The van der Waals surface area contributed by atoms with Gasteiger partial charge in [0.05, 0.1) is 5.69 Å². The van der Waals surface area contributed by atoms with Gasteiger partial charge in [-0.25, -0.2) is 9.37 Å². The summed E-state index contributed by atoms with van der Waals surface area (Å²) in [6.45, 7) is 0. The van der Waals surface area contributed by atoms with Crippen molar-refractivity contribution in [3.63, 3.8) is 0 Å². The number of rotatable bonds is 3. The molecule has 0 atom stereocenters. The summed E-state index contributed by atoms with van der Waals surface area (Å²) >= 11 is 0. The summed E-state index contributed by atoms with van der Waals surface area (Å²) < 4.78 is 15.3. The second kappa shape index (κ2) is 5.77. The highest BCUT2D eigenvalue weighted by atomic mass is 19.1. The molecule has 0 spiro atoms. The van der Waals surface area contributed by atoms with Crippen LogP contribution in [0.3, 0.4) is 0 Å². The van der Waals surface area contributed by atoms with Crippen molar-refractivity contribution >= 4 is 17.2 Å². The minimum absolute atomic E-state index is 0.254. The van der Waals surface area contributed by atoms with Crippen molar-refractivity contribution in [2.75, 3.05) is 11.9 Å². The highest BCUT2D eigenvalue weighted by Crippen LogP contribution is 2.33. The number of anilines is 2. The van der Waals surface area contributed by atoms with Crippen molar-refractivity contribution in [3.8, 4) is 11.4 Å². The minimum atomic E-state index is -0.254. The molecule has 0 aliphatic heterocycles. The van der Waals surface area contributed by atoms with Gasteiger partial charge in [-0.05, 0) is 48.5 Å². The van der Waals surface area contributed by atoms with Gasteiger partial charge in [-0.2, -0.15) is 0 Å². The summed E-state index contributed by atoms with van der Waals surface area (Å²) in [6, 6.07) is 18.0. The van der Waals surface area contributed by atoms with Gasteiger partial charge >= 0.3 is 0 Å². The van der Waals surface area contributed by atoms with E-state index in [0.717, 1.165) is 28.5 Å². The third-order valence-electron chi connectivity index (χ3n) is 3.94. The number of benzene rings is 1. The number of halogens is 1. The number of aromatic nitrogens is 3. The van der Waals surface area contributed by atoms with Gasteiger partial charge < -0.3 is 4.90 Å². The number of imidazole rings is 1. The summed E-state index contributed by atoms with van der Waals surface area (Å²) in [5.74, 6) is 0.631. The van der Waals surface area contributed by atoms with E-state index in [9.17, 15) is 4.39 Å². The quantitative estimate of drug-likeness (QED) is 0.564. The van der Waals surface area contributed by atoms with E-state index in [1.807, 2.05) is 58.9 Å². The molecule has 3 heterocycles. The van der Waals surface area contributed by atoms with Crippen LogP contribution < -0.4 is 4.90 Å². The molecule has 3 aromatic heterocycles. The topological polar surface area (TPSA) is 33.4 Å². The lowest BCUT2D eigenvalue weighted by Gasteiger charge is -2.20. The first-order chi connectivity index (χ1) is 11.7. The van der Waals surface area contributed by atoms with Crippen molar-refractivity contribution < 1.29 is 4.39 Å². The van der Waals surface area contributed by atoms with Crippen LogP contribution >= 0.6 is 0 Å². The lowest BCUT2D eigenvalue weighted by molar-refractivity contribution is 0.628. The Bertz CT molecular complexity index is 977. The molecule has 0 fully saturated rings. The molecule has 0 amide bonds. The van der Waals surface area contributed by atoms with Crippen molar-refractivity contribution in [1.29, 1.82) is 0 Å². The average molecular weight is 318 g/mol. The van der Waals surface area contributed by atoms with E-state index in [0.29, 0.717) is 0 Å². The third-order valence-corrected chi connectivity index (χ3v) is 3.94. The summed E-state index contributed by atoms with van der Waals surface area (Å²) in [5, 5.41) is 0. The zero-order valence-electron chi connectivity index (χ0n) is 13.1. The van der Waals surface area contributed by atoms with Crippen LogP contribution in [0, 0.1) is 5.82 Å². The van der Waals surface area contributed by atoms with Gasteiger partial charge in [0, 0.05) is 25.1 Å². The molecule has 4 aromatic rings. The maximum Gasteiger partial charge on any atom is 0.147 e. The van der Waals surface area contributed by atoms with E-state index in [1.54, 1.807) is 18.3 Å². The van der Waals surface area contributed by atoms with Crippen LogP contribution in [-0.2, 0) is 0 Å². The van der Waals surface area contributed by atoms with Crippen LogP contribution in [0.15, 0.2) is 73.1 Å². The van der Waals surface area contributed by atoms with Gasteiger partial charge in [0.15, 0.2) is 0 Å². The molecule has 4 nitrogen and oxygen atoms in total. The number of nitrogens with zero attached hydrogens (tertiary/aromatic N) is 4. The molecule has 0 saturated heterocycles. The van der Waals surface area contributed by atoms with Crippen molar-refractivity contribution in [2.45, 2.75) is 0 Å². The fraction of sp³-hybridized carbons (Fsp3) is 0.0526. The van der Waals surface area contributed by atoms with Gasteiger partial charge in [-0.1, -0.05) is 12.1 Å². The Hall–Kier alpha value is -3.21. The number of fused-ring (bicyclic) bond motifs is 1. The van der Waals surface area contributed by atoms with Crippen LogP contribution in [0.25, 0.3) is 17.0 Å². The highest BCUT2D eigenvalue weighted by molar-refractivity contribution is 5.79. The normalized spacial score (nSPS) is 10.9. The lowest BCUT2D eigenvalue weighted by atomic mass is 10.2. The molecule has 0 saturated carbocycles. The van der Waals surface area contributed by atoms with E-state index in [2.05, 4.69) is 4.98 Å². The van der Waals surface area contributed by atoms with Crippen LogP contribution in [0.4, 0.5) is 15.9 Å². The number of hydrogen-bond donors (Lipinski definition) is 0. The van der Waals surface area contributed by atoms with Gasteiger partial charge in [0.2, 0.25) is 0 Å².